The van der Waals surface area contributed by atoms with Gasteiger partial charge in [-0.15, -0.1) is 0 Å². The molecule has 0 aliphatic heterocycles. The Bertz CT molecular complexity index is 513. The van der Waals surface area contributed by atoms with E-state index in [2.05, 4.69) is 46.1 Å². The first-order valence-corrected chi connectivity index (χ1v) is 7.18. The van der Waals surface area contributed by atoms with Crippen LogP contribution in [0.1, 0.15) is 32.6 Å². The summed E-state index contributed by atoms with van der Waals surface area (Å²) in [5.41, 5.74) is 2.37. The second-order valence-corrected chi connectivity index (χ2v) is 5.46. The van der Waals surface area contributed by atoms with Gasteiger partial charge >= 0.3 is 0 Å². The third-order valence-corrected chi connectivity index (χ3v) is 4.18. The third kappa shape index (κ3) is 2.65. The van der Waals surface area contributed by atoms with Crippen LogP contribution in [-0.2, 0) is 0 Å². The van der Waals surface area contributed by atoms with Crippen LogP contribution in [0, 0.1) is 5.92 Å². The lowest BCUT2D eigenvalue weighted by atomic mass is 9.99. The van der Waals surface area contributed by atoms with Crippen molar-refractivity contribution >= 4 is 5.69 Å². The van der Waals surface area contributed by atoms with E-state index < -0.39 is 0 Å². The molecule has 3 nitrogen and oxygen atoms in total. The van der Waals surface area contributed by atoms with Gasteiger partial charge in [-0.05, 0) is 37.8 Å². The van der Waals surface area contributed by atoms with Gasteiger partial charge in [-0.3, -0.25) is 0 Å². The van der Waals surface area contributed by atoms with E-state index in [9.17, 15) is 0 Å². The monoisotopic (exact) mass is 255 g/mol. The summed E-state index contributed by atoms with van der Waals surface area (Å²) in [6.45, 7) is 2.31. The van der Waals surface area contributed by atoms with Crippen LogP contribution >= 0.6 is 0 Å². The number of hydrogen-bond donors (Lipinski definition) is 1. The number of hydrogen-bond acceptors (Lipinski definition) is 2. The standard InChI is InChI=1S/C16H21N3/c1-13(14-6-2-3-7-14)18-15-8-4-5-9-16(15)19-11-10-17-12-19/h4-5,8-14,18H,2-3,6-7H2,1H3. The minimum absolute atomic E-state index is 0.534. The van der Waals surface area contributed by atoms with Gasteiger partial charge in [-0.25, -0.2) is 4.98 Å². The fourth-order valence-corrected chi connectivity index (χ4v) is 3.04. The van der Waals surface area contributed by atoms with Crippen LogP contribution in [0.15, 0.2) is 43.0 Å². The molecule has 1 unspecified atom stereocenters. The summed E-state index contributed by atoms with van der Waals surface area (Å²) in [4.78, 5) is 4.13. The van der Waals surface area contributed by atoms with Gasteiger partial charge in [0.25, 0.3) is 0 Å². The molecule has 0 radical (unpaired) electrons. The highest BCUT2D eigenvalue weighted by atomic mass is 15.1. The topological polar surface area (TPSA) is 29.9 Å². The molecule has 1 aromatic carbocycles. The summed E-state index contributed by atoms with van der Waals surface area (Å²) >= 11 is 0. The molecule has 0 saturated heterocycles. The Morgan fingerprint density at radius 2 is 2.05 bits per heavy atom. The number of nitrogens with zero attached hydrogens (tertiary/aromatic N) is 2. The predicted octanol–water partition coefficient (Wildman–Crippen LogP) is 3.86. The molecule has 1 aliphatic rings. The van der Waals surface area contributed by atoms with Crippen molar-refractivity contribution in [1.29, 1.82) is 0 Å². The zero-order valence-corrected chi connectivity index (χ0v) is 11.4. The molecule has 0 amide bonds. The SMILES string of the molecule is CC(Nc1ccccc1-n1ccnc1)C1CCCC1. The Morgan fingerprint density at radius 1 is 1.26 bits per heavy atom. The van der Waals surface area contributed by atoms with E-state index in [1.165, 1.54) is 37.1 Å². The van der Waals surface area contributed by atoms with Crippen molar-refractivity contribution in [1.82, 2.24) is 9.55 Å². The summed E-state index contributed by atoms with van der Waals surface area (Å²) < 4.78 is 2.06. The number of rotatable bonds is 4. The second-order valence-electron chi connectivity index (χ2n) is 5.46. The fraction of sp³-hybridized carbons (Fsp3) is 0.438. The Balaban J connectivity index is 1.80. The van der Waals surface area contributed by atoms with Crippen LogP contribution in [0.4, 0.5) is 5.69 Å². The Kier molecular flexibility index (Phi) is 3.53. The molecule has 1 atom stereocenters. The summed E-state index contributed by atoms with van der Waals surface area (Å²) in [6.07, 6.45) is 11.2. The molecule has 0 bridgehead atoms. The van der Waals surface area contributed by atoms with Gasteiger partial charge in [-0.2, -0.15) is 0 Å². The molecule has 1 aromatic heterocycles. The van der Waals surface area contributed by atoms with E-state index in [0.29, 0.717) is 6.04 Å². The van der Waals surface area contributed by atoms with Gasteiger partial charge in [0.1, 0.15) is 0 Å². The highest BCUT2D eigenvalue weighted by molar-refractivity contribution is 5.61. The molecule has 0 spiro atoms. The molecule has 100 valence electrons. The van der Waals surface area contributed by atoms with E-state index >= 15 is 0 Å². The summed E-state index contributed by atoms with van der Waals surface area (Å²) in [5.74, 6) is 0.816. The molecule has 3 rings (SSSR count). The van der Waals surface area contributed by atoms with Gasteiger partial charge in [0.2, 0.25) is 0 Å². The van der Waals surface area contributed by atoms with Crippen molar-refractivity contribution in [3.8, 4) is 5.69 Å². The van der Waals surface area contributed by atoms with Gasteiger partial charge in [0.05, 0.1) is 17.7 Å². The molecule has 3 heteroatoms. The molecular weight excluding hydrogens is 234 g/mol. The zero-order chi connectivity index (χ0) is 13.1. The van der Waals surface area contributed by atoms with E-state index in [1.54, 1.807) is 0 Å². The minimum atomic E-state index is 0.534. The number of benzene rings is 1. The van der Waals surface area contributed by atoms with Crippen molar-refractivity contribution in [3.63, 3.8) is 0 Å². The van der Waals surface area contributed by atoms with E-state index in [1.807, 2.05) is 18.7 Å². The van der Waals surface area contributed by atoms with Gasteiger partial charge < -0.3 is 9.88 Å². The molecule has 1 N–H and O–H groups in total. The van der Waals surface area contributed by atoms with Gasteiger partial charge in [0, 0.05) is 18.4 Å². The lowest BCUT2D eigenvalue weighted by Gasteiger charge is -2.23. The lowest BCUT2D eigenvalue weighted by molar-refractivity contribution is 0.482. The molecule has 1 heterocycles. The number of para-hydroxylation sites is 2. The predicted molar refractivity (Wildman–Crippen MR) is 78.6 cm³/mol. The van der Waals surface area contributed by atoms with Crippen molar-refractivity contribution in [2.75, 3.05) is 5.32 Å². The van der Waals surface area contributed by atoms with Crippen LogP contribution < -0.4 is 5.32 Å². The first-order chi connectivity index (χ1) is 9.34. The third-order valence-electron chi connectivity index (χ3n) is 4.18. The highest BCUT2D eigenvalue weighted by Crippen LogP contribution is 2.30. The number of anilines is 1. The van der Waals surface area contributed by atoms with Crippen LogP contribution in [0.5, 0.6) is 0 Å². The maximum atomic E-state index is 4.13. The molecule has 1 aliphatic carbocycles. The molecule has 19 heavy (non-hydrogen) atoms. The quantitative estimate of drug-likeness (QED) is 0.899. The Hall–Kier alpha value is -1.77. The minimum Gasteiger partial charge on any atom is -0.381 e. The summed E-state index contributed by atoms with van der Waals surface area (Å²) in [6, 6.07) is 8.98. The zero-order valence-electron chi connectivity index (χ0n) is 11.4. The first-order valence-electron chi connectivity index (χ1n) is 7.18. The van der Waals surface area contributed by atoms with E-state index in [-0.39, 0.29) is 0 Å². The van der Waals surface area contributed by atoms with Crippen LogP contribution in [0.2, 0.25) is 0 Å². The molecule has 1 saturated carbocycles. The first kappa shape index (κ1) is 12.3. The molecule has 1 fully saturated rings. The average molecular weight is 255 g/mol. The average Bonchev–Trinajstić information content (AvgIpc) is 3.13. The van der Waals surface area contributed by atoms with Gasteiger partial charge in [0.15, 0.2) is 0 Å². The van der Waals surface area contributed by atoms with Gasteiger partial charge in [-0.1, -0.05) is 25.0 Å². The van der Waals surface area contributed by atoms with Crippen LogP contribution in [-0.4, -0.2) is 15.6 Å². The Labute approximate surface area is 114 Å². The van der Waals surface area contributed by atoms with Crippen LogP contribution in [0.25, 0.3) is 5.69 Å². The molecule has 2 aromatic rings. The van der Waals surface area contributed by atoms with Crippen molar-refractivity contribution in [3.05, 3.63) is 43.0 Å². The maximum absolute atomic E-state index is 4.13. The Morgan fingerprint density at radius 3 is 2.79 bits per heavy atom. The summed E-state index contributed by atoms with van der Waals surface area (Å²) in [7, 11) is 0. The fourth-order valence-electron chi connectivity index (χ4n) is 3.04. The lowest BCUT2D eigenvalue weighted by Crippen LogP contribution is -2.24. The summed E-state index contributed by atoms with van der Waals surface area (Å²) in [5, 5.41) is 3.69. The normalized spacial score (nSPS) is 17.5. The highest BCUT2D eigenvalue weighted by Gasteiger charge is 2.21. The van der Waals surface area contributed by atoms with Crippen molar-refractivity contribution in [2.45, 2.75) is 38.6 Å². The van der Waals surface area contributed by atoms with Crippen molar-refractivity contribution < 1.29 is 0 Å². The number of nitrogens with one attached hydrogen (secondary N) is 1. The largest absolute Gasteiger partial charge is 0.381 e. The smallest absolute Gasteiger partial charge is 0.0992 e. The number of imidazole rings is 1. The second kappa shape index (κ2) is 5.47. The molecular formula is C16H21N3. The van der Waals surface area contributed by atoms with Crippen LogP contribution in [0.3, 0.4) is 0 Å². The van der Waals surface area contributed by atoms with E-state index in [4.69, 9.17) is 0 Å². The maximum Gasteiger partial charge on any atom is 0.0992 e. The number of aromatic nitrogens is 2. The van der Waals surface area contributed by atoms with Crippen molar-refractivity contribution in [2.24, 2.45) is 5.92 Å². The van der Waals surface area contributed by atoms with E-state index in [0.717, 1.165) is 5.92 Å².